The standard InChI is InChI=1S/C14H17FN2OS/c1-17(11-4-2-3-5-11)14(18)9-19-13-7-6-10(16)8-12(13)15/h4,6-8H,2-3,5,9,16H2,1H3. The second kappa shape index (κ2) is 6.10. The van der Waals surface area contributed by atoms with E-state index in [-0.39, 0.29) is 17.5 Å². The molecule has 19 heavy (non-hydrogen) atoms. The quantitative estimate of drug-likeness (QED) is 0.681. The lowest BCUT2D eigenvalue weighted by Gasteiger charge is -2.18. The van der Waals surface area contributed by atoms with Crippen LogP contribution in [-0.2, 0) is 4.79 Å². The van der Waals surface area contributed by atoms with Crippen molar-refractivity contribution < 1.29 is 9.18 Å². The molecule has 0 atom stereocenters. The highest BCUT2D eigenvalue weighted by Gasteiger charge is 2.16. The molecule has 0 fully saturated rings. The average molecular weight is 280 g/mol. The summed E-state index contributed by atoms with van der Waals surface area (Å²) in [6.45, 7) is 0. The van der Waals surface area contributed by atoms with Gasteiger partial charge in [0, 0.05) is 23.3 Å². The highest BCUT2D eigenvalue weighted by Crippen LogP contribution is 2.25. The number of nitrogen functional groups attached to an aromatic ring is 1. The van der Waals surface area contributed by atoms with Crippen LogP contribution in [0.3, 0.4) is 0 Å². The second-order valence-electron chi connectivity index (χ2n) is 4.52. The van der Waals surface area contributed by atoms with Gasteiger partial charge in [-0.05, 0) is 37.5 Å². The molecule has 0 unspecified atom stereocenters. The first-order valence-electron chi connectivity index (χ1n) is 6.21. The summed E-state index contributed by atoms with van der Waals surface area (Å²) in [6, 6.07) is 4.52. The molecular formula is C14H17FN2OS. The van der Waals surface area contributed by atoms with E-state index in [0.717, 1.165) is 25.0 Å². The Morgan fingerprint density at radius 2 is 2.32 bits per heavy atom. The van der Waals surface area contributed by atoms with Crippen LogP contribution in [0.1, 0.15) is 19.3 Å². The Labute approximate surface area is 116 Å². The third-order valence-electron chi connectivity index (χ3n) is 3.13. The van der Waals surface area contributed by atoms with E-state index in [1.165, 1.54) is 17.8 Å². The number of hydrogen-bond donors (Lipinski definition) is 1. The number of halogens is 1. The Kier molecular flexibility index (Phi) is 4.47. The molecule has 1 aliphatic rings. The number of amides is 1. The summed E-state index contributed by atoms with van der Waals surface area (Å²) in [4.78, 5) is 14.1. The van der Waals surface area contributed by atoms with Gasteiger partial charge in [0.2, 0.25) is 5.91 Å². The van der Waals surface area contributed by atoms with Gasteiger partial charge in [-0.25, -0.2) is 4.39 Å². The lowest BCUT2D eigenvalue weighted by Crippen LogP contribution is -2.27. The van der Waals surface area contributed by atoms with Crippen LogP contribution < -0.4 is 5.73 Å². The van der Waals surface area contributed by atoms with Crippen molar-refractivity contribution >= 4 is 23.4 Å². The van der Waals surface area contributed by atoms with Crippen LogP contribution in [0.4, 0.5) is 10.1 Å². The SMILES string of the molecule is CN(C(=O)CSc1ccc(N)cc1F)C1=CCCC1. The second-order valence-corrected chi connectivity index (χ2v) is 5.54. The summed E-state index contributed by atoms with van der Waals surface area (Å²) >= 11 is 1.20. The molecule has 0 spiro atoms. The number of rotatable bonds is 4. The van der Waals surface area contributed by atoms with Crippen LogP contribution in [0.5, 0.6) is 0 Å². The summed E-state index contributed by atoms with van der Waals surface area (Å²) in [5, 5.41) is 0. The first kappa shape index (κ1) is 13.9. The molecule has 5 heteroatoms. The molecule has 1 aliphatic carbocycles. The van der Waals surface area contributed by atoms with Crippen molar-refractivity contribution in [1.82, 2.24) is 4.90 Å². The molecule has 1 aromatic carbocycles. The van der Waals surface area contributed by atoms with Gasteiger partial charge >= 0.3 is 0 Å². The number of carbonyl (C=O) groups is 1. The number of carbonyl (C=O) groups excluding carboxylic acids is 1. The number of nitrogens with two attached hydrogens (primary N) is 1. The minimum absolute atomic E-state index is 0.00521. The van der Waals surface area contributed by atoms with Crippen LogP contribution in [0.2, 0.25) is 0 Å². The number of anilines is 1. The predicted octanol–water partition coefficient (Wildman–Crippen LogP) is 3.03. The smallest absolute Gasteiger partial charge is 0.236 e. The lowest BCUT2D eigenvalue weighted by molar-refractivity contribution is -0.125. The molecule has 1 aromatic rings. The third-order valence-corrected chi connectivity index (χ3v) is 4.16. The van der Waals surface area contributed by atoms with Crippen LogP contribution in [-0.4, -0.2) is 23.6 Å². The zero-order valence-electron chi connectivity index (χ0n) is 10.9. The number of allylic oxidation sites excluding steroid dienone is 2. The molecule has 2 rings (SSSR count). The van der Waals surface area contributed by atoms with Gasteiger partial charge in [0.05, 0.1) is 5.75 Å². The highest BCUT2D eigenvalue weighted by molar-refractivity contribution is 8.00. The van der Waals surface area contributed by atoms with Gasteiger partial charge in [-0.1, -0.05) is 6.08 Å². The Hall–Kier alpha value is -1.49. The van der Waals surface area contributed by atoms with Crippen molar-refractivity contribution in [2.75, 3.05) is 18.5 Å². The zero-order valence-corrected chi connectivity index (χ0v) is 11.7. The molecule has 3 nitrogen and oxygen atoms in total. The van der Waals surface area contributed by atoms with E-state index in [0.29, 0.717) is 10.6 Å². The molecule has 0 bridgehead atoms. The average Bonchev–Trinajstić information content (AvgIpc) is 2.90. The van der Waals surface area contributed by atoms with Gasteiger partial charge in [-0.15, -0.1) is 11.8 Å². The van der Waals surface area contributed by atoms with Crippen molar-refractivity contribution in [3.63, 3.8) is 0 Å². The zero-order chi connectivity index (χ0) is 13.8. The third kappa shape index (κ3) is 3.50. The molecule has 0 saturated heterocycles. The normalized spacial score (nSPS) is 14.3. The summed E-state index contributed by atoms with van der Waals surface area (Å²) in [6.07, 6.45) is 5.18. The van der Waals surface area contributed by atoms with Crippen molar-refractivity contribution in [1.29, 1.82) is 0 Å². The monoisotopic (exact) mass is 280 g/mol. The summed E-state index contributed by atoms with van der Waals surface area (Å²) in [7, 11) is 1.78. The van der Waals surface area contributed by atoms with Crippen molar-refractivity contribution in [2.45, 2.75) is 24.2 Å². The number of benzene rings is 1. The van der Waals surface area contributed by atoms with E-state index < -0.39 is 0 Å². The molecule has 0 radical (unpaired) electrons. The van der Waals surface area contributed by atoms with Crippen molar-refractivity contribution in [2.24, 2.45) is 0 Å². The predicted molar refractivity (Wildman–Crippen MR) is 76.2 cm³/mol. The Morgan fingerprint density at radius 1 is 1.53 bits per heavy atom. The van der Waals surface area contributed by atoms with Crippen LogP contribution in [0.15, 0.2) is 34.9 Å². The minimum Gasteiger partial charge on any atom is -0.399 e. The molecule has 1 amide bonds. The van der Waals surface area contributed by atoms with Crippen LogP contribution in [0, 0.1) is 5.82 Å². The maximum atomic E-state index is 13.6. The van der Waals surface area contributed by atoms with Gasteiger partial charge in [0.1, 0.15) is 5.82 Å². The Morgan fingerprint density at radius 3 is 2.95 bits per heavy atom. The van der Waals surface area contributed by atoms with E-state index in [4.69, 9.17) is 5.73 Å². The molecule has 102 valence electrons. The fourth-order valence-corrected chi connectivity index (χ4v) is 2.82. The van der Waals surface area contributed by atoms with Gasteiger partial charge in [-0.2, -0.15) is 0 Å². The van der Waals surface area contributed by atoms with Gasteiger partial charge in [0.15, 0.2) is 0 Å². The molecule has 0 heterocycles. The number of hydrogen-bond acceptors (Lipinski definition) is 3. The first-order valence-corrected chi connectivity index (χ1v) is 7.20. The molecule has 0 aliphatic heterocycles. The van der Waals surface area contributed by atoms with E-state index >= 15 is 0 Å². The van der Waals surface area contributed by atoms with E-state index in [2.05, 4.69) is 6.08 Å². The maximum absolute atomic E-state index is 13.6. The summed E-state index contributed by atoms with van der Waals surface area (Å²) in [5.41, 5.74) is 6.95. The Bertz CT molecular complexity index is 516. The van der Waals surface area contributed by atoms with Crippen molar-refractivity contribution in [3.05, 3.63) is 35.8 Å². The molecule has 2 N–H and O–H groups in total. The first-order chi connectivity index (χ1) is 9.08. The van der Waals surface area contributed by atoms with Gasteiger partial charge in [0.25, 0.3) is 0 Å². The van der Waals surface area contributed by atoms with E-state index in [1.807, 2.05) is 0 Å². The van der Waals surface area contributed by atoms with E-state index in [1.54, 1.807) is 24.1 Å². The number of nitrogens with zero attached hydrogens (tertiary/aromatic N) is 1. The molecular weight excluding hydrogens is 263 g/mol. The van der Waals surface area contributed by atoms with Crippen LogP contribution >= 0.6 is 11.8 Å². The maximum Gasteiger partial charge on any atom is 0.236 e. The van der Waals surface area contributed by atoms with Gasteiger partial charge in [-0.3, -0.25) is 4.79 Å². The molecule has 0 aromatic heterocycles. The van der Waals surface area contributed by atoms with Crippen LogP contribution in [0.25, 0.3) is 0 Å². The topological polar surface area (TPSA) is 46.3 Å². The molecule has 0 saturated carbocycles. The minimum atomic E-state index is -0.375. The largest absolute Gasteiger partial charge is 0.399 e. The van der Waals surface area contributed by atoms with Crippen molar-refractivity contribution in [3.8, 4) is 0 Å². The Balaban J connectivity index is 1.92. The highest BCUT2D eigenvalue weighted by atomic mass is 32.2. The fourth-order valence-electron chi connectivity index (χ4n) is 1.99. The summed E-state index contributed by atoms with van der Waals surface area (Å²) < 4.78 is 13.6. The number of thioether (sulfide) groups is 1. The lowest BCUT2D eigenvalue weighted by atomic mass is 10.3. The summed E-state index contributed by atoms with van der Waals surface area (Å²) in [5.74, 6) is -0.149. The van der Waals surface area contributed by atoms with E-state index in [9.17, 15) is 9.18 Å². The van der Waals surface area contributed by atoms with Gasteiger partial charge < -0.3 is 10.6 Å². The fraction of sp³-hybridized carbons (Fsp3) is 0.357.